The molecule has 4 rings (SSSR count). The Morgan fingerprint density at radius 1 is 0.963 bits per heavy atom. The number of carbonyl (C=O) groups excluding carboxylic acids is 1. The van der Waals surface area contributed by atoms with Crippen LogP contribution in [-0.2, 0) is 28.5 Å². The molecule has 3 heterocycles. The molecule has 3 aliphatic rings. The van der Waals surface area contributed by atoms with Crippen molar-refractivity contribution < 1.29 is 28.5 Å². The summed E-state index contributed by atoms with van der Waals surface area (Å²) >= 11 is 0. The van der Waals surface area contributed by atoms with E-state index < -0.39 is 48.2 Å². The summed E-state index contributed by atoms with van der Waals surface area (Å²) in [5.41, 5.74) is 3.39. The van der Waals surface area contributed by atoms with Crippen molar-refractivity contribution >= 4 is 12.1 Å². The third kappa shape index (κ3) is 3.76. The van der Waals surface area contributed by atoms with Crippen LogP contribution in [0.25, 0.3) is 0 Å². The summed E-state index contributed by atoms with van der Waals surface area (Å²) < 4.78 is 29.5. The van der Waals surface area contributed by atoms with E-state index >= 15 is 0 Å². The van der Waals surface area contributed by atoms with Crippen LogP contribution in [-0.4, -0.2) is 54.4 Å². The summed E-state index contributed by atoms with van der Waals surface area (Å²) in [5.74, 6) is -2.10. The molecule has 0 unspecified atom stereocenters. The summed E-state index contributed by atoms with van der Waals surface area (Å²) in [7, 11) is 0. The summed E-state index contributed by atoms with van der Waals surface area (Å²) in [4.78, 5) is 12.7. The van der Waals surface area contributed by atoms with Crippen molar-refractivity contribution in [2.45, 2.75) is 70.0 Å². The van der Waals surface area contributed by atoms with Crippen LogP contribution in [0.3, 0.4) is 0 Å². The van der Waals surface area contributed by atoms with Crippen LogP contribution < -0.4 is 5.43 Å². The Morgan fingerprint density at radius 3 is 2.33 bits per heavy atom. The number of nitrogens with one attached hydrogen (secondary N) is 1. The van der Waals surface area contributed by atoms with Crippen LogP contribution in [0.4, 0.5) is 0 Å². The minimum absolute atomic E-state index is 0.426. The highest BCUT2D eigenvalue weighted by Gasteiger charge is 2.62. The first-order valence-corrected chi connectivity index (χ1v) is 8.99. The number of amides is 1. The summed E-state index contributed by atoms with van der Waals surface area (Å²) in [6, 6.07) is 9.46. The highest BCUT2D eigenvalue weighted by molar-refractivity contribution is 5.85. The molecule has 27 heavy (non-hydrogen) atoms. The van der Waals surface area contributed by atoms with E-state index in [1.54, 1.807) is 33.9 Å². The van der Waals surface area contributed by atoms with E-state index in [0.29, 0.717) is 0 Å². The molecule has 3 saturated heterocycles. The maximum absolute atomic E-state index is 12.7. The minimum atomic E-state index is -0.927. The minimum Gasteiger partial charge on any atom is -0.342 e. The molecular weight excluding hydrogens is 352 g/mol. The fourth-order valence-electron chi connectivity index (χ4n) is 3.60. The van der Waals surface area contributed by atoms with Gasteiger partial charge in [0.15, 0.2) is 24.0 Å². The Hall–Kier alpha value is -1.84. The zero-order chi connectivity index (χ0) is 19.2. The molecule has 1 aromatic carbocycles. The highest BCUT2D eigenvalue weighted by Crippen LogP contribution is 2.44. The Balaban J connectivity index is 1.49. The second-order valence-electron chi connectivity index (χ2n) is 7.73. The topological polar surface area (TPSA) is 87.6 Å². The lowest BCUT2D eigenvalue weighted by molar-refractivity contribution is -0.231. The lowest BCUT2D eigenvalue weighted by Crippen LogP contribution is -2.59. The second kappa shape index (κ2) is 6.65. The number of hydrazone groups is 1. The molecule has 3 fully saturated rings. The molecule has 146 valence electrons. The van der Waals surface area contributed by atoms with E-state index in [-0.39, 0.29) is 0 Å². The van der Waals surface area contributed by atoms with Gasteiger partial charge >= 0.3 is 0 Å². The first kappa shape index (κ1) is 18.5. The number of benzene rings is 1. The van der Waals surface area contributed by atoms with E-state index in [9.17, 15) is 4.79 Å². The Bertz CT molecular complexity index is 735. The van der Waals surface area contributed by atoms with Gasteiger partial charge in [0, 0.05) is 0 Å². The molecule has 0 aromatic heterocycles. The zero-order valence-electron chi connectivity index (χ0n) is 15.7. The number of carbonyl (C=O) groups is 1. The van der Waals surface area contributed by atoms with Gasteiger partial charge in [0.2, 0.25) is 0 Å². The fourth-order valence-corrected chi connectivity index (χ4v) is 3.60. The molecule has 1 amide bonds. The van der Waals surface area contributed by atoms with E-state index in [4.69, 9.17) is 23.7 Å². The second-order valence-corrected chi connectivity index (χ2v) is 7.73. The Kier molecular flexibility index (Phi) is 4.56. The predicted molar refractivity (Wildman–Crippen MR) is 94.7 cm³/mol. The quantitative estimate of drug-likeness (QED) is 0.636. The van der Waals surface area contributed by atoms with Gasteiger partial charge in [-0.05, 0) is 33.3 Å². The molecule has 0 aliphatic carbocycles. The van der Waals surface area contributed by atoms with Gasteiger partial charge in [0.1, 0.15) is 18.3 Å². The van der Waals surface area contributed by atoms with Crippen LogP contribution in [0.15, 0.2) is 35.4 Å². The fraction of sp³-hybridized carbons (Fsp3) is 0.579. The molecule has 3 aliphatic heterocycles. The molecule has 0 saturated carbocycles. The van der Waals surface area contributed by atoms with Crippen molar-refractivity contribution in [3.05, 3.63) is 35.9 Å². The monoisotopic (exact) mass is 376 g/mol. The van der Waals surface area contributed by atoms with Crippen LogP contribution in [0, 0.1) is 0 Å². The smallest absolute Gasteiger partial charge is 0.272 e. The standard InChI is InChI=1S/C19H24N2O6/c1-18(2)24-12-13(25-18)15-17(27-19(3,4)26-15)23-14(12)16(22)21-20-10-11-8-6-5-7-9-11/h5-10,12-15,17H,1-4H3,(H,21,22)/b20-10-/t12-,13+,14-,15-,17+/m1/s1. The van der Waals surface area contributed by atoms with Crippen LogP contribution in [0.2, 0.25) is 0 Å². The van der Waals surface area contributed by atoms with Gasteiger partial charge in [0.25, 0.3) is 5.91 Å². The molecule has 0 bridgehead atoms. The van der Waals surface area contributed by atoms with Gasteiger partial charge in [-0.2, -0.15) is 5.10 Å². The number of rotatable bonds is 3. The van der Waals surface area contributed by atoms with Gasteiger partial charge in [-0.25, -0.2) is 5.43 Å². The van der Waals surface area contributed by atoms with Crippen molar-refractivity contribution in [1.29, 1.82) is 0 Å². The van der Waals surface area contributed by atoms with Crippen molar-refractivity contribution in [3.63, 3.8) is 0 Å². The van der Waals surface area contributed by atoms with Crippen molar-refractivity contribution in [3.8, 4) is 0 Å². The van der Waals surface area contributed by atoms with Crippen LogP contribution in [0.5, 0.6) is 0 Å². The van der Waals surface area contributed by atoms with Gasteiger partial charge in [-0.3, -0.25) is 4.79 Å². The summed E-state index contributed by atoms with van der Waals surface area (Å²) in [5, 5.41) is 4.01. The maximum atomic E-state index is 12.7. The van der Waals surface area contributed by atoms with Crippen molar-refractivity contribution in [2.24, 2.45) is 5.10 Å². The molecule has 5 atom stereocenters. The molecule has 8 heteroatoms. The molecule has 1 N–H and O–H groups in total. The van der Waals surface area contributed by atoms with Gasteiger partial charge in [-0.1, -0.05) is 30.3 Å². The predicted octanol–water partition coefficient (Wildman–Crippen LogP) is 1.53. The molecule has 1 aromatic rings. The molecule has 8 nitrogen and oxygen atoms in total. The first-order valence-electron chi connectivity index (χ1n) is 8.99. The zero-order valence-corrected chi connectivity index (χ0v) is 15.7. The summed E-state index contributed by atoms with van der Waals surface area (Å²) in [6.07, 6.45) is -1.64. The third-order valence-electron chi connectivity index (χ3n) is 4.60. The van der Waals surface area contributed by atoms with Crippen molar-refractivity contribution in [1.82, 2.24) is 5.43 Å². The largest absolute Gasteiger partial charge is 0.342 e. The summed E-state index contributed by atoms with van der Waals surface area (Å²) in [6.45, 7) is 7.18. The Labute approximate surface area is 157 Å². The van der Waals surface area contributed by atoms with Gasteiger partial charge in [0.05, 0.1) is 6.21 Å². The lowest BCUT2D eigenvalue weighted by Gasteiger charge is -2.36. The number of hydrogen-bond acceptors (Lipinski definition) is 7. The van der Waals surface area contributed by atoms with Gasteiger partial charge in [-0.15, -0.1) is 0 Å². The molecular formula is C19H24N2O6. The normalized spacial score (nSPS) is 36.4. The third-order valence-corrected chi connectivity index (χ3v) is 4.60. The van der Waals surface area contributed by atoms with Crippen LogP contribution in [0.1, 0.15) is 33.3 Å². The molecule has 0 spiro atoms. The average Bonchev–Trinajstić information content (AvgIpc) is 3.09. The maximum Gasteiger partial charge on any atom is 0.272 e. The number of ether oxygens (including phenoxy) is 5. The first-order chi connectivity index (χ1) is 12.7. The van der Waals surface area contributed by atoms with E-state index in [2.05, 4.69) is 10.5 Å². The Morgan fingerprint density at radius 2 is 1.59 bits per heavy atom. The van der Waals surface area contributed by atoms with E-state index in [1.807, 2.05) is 30.3 Å². The number of fused-ring (bicyclic) bond motifs is 3. The van der Waals surface area contributed by atoms with Crippen molar-refractivity contribution in [2.75, 3.05) is 0 Å². The number of hydrogen-bond donors (Lipinski definition) is 1. The SMILES string of the molecule is CC1(C)O[C@H]2[C@@H](O1)[C@H](C(=O)N/N=C\c1ccccc1)O[C@H]1OC(C)(C)O[C@@H]12. The average molecular weight is 376 g/mol. The lowest BCUT2D eigenvalue weighted by atomic mass is 9.98. The highest BCUT2D eigenvalue weighted by atomic mass is 16.9. The molecule has 0 radical (unpaired) electrons. The number of nitrogens with zero attached hydrogens (tertiary/aromatic N) is 1. The van der Waals surface area contributed by atoms with Gasteiger partial charge < -0.3 is 23.7 Å². The van der Waals surface area contributed by atoms with E-state index in [0.717, 1.165) is 5.56 Å². The van der Waals surface area contributed by atoms with Crippen LogP contribution >= 0.6 is 0 Å². The van der Waals surface area contributed by atoms with E-state index in [1.165, 1.54) is 0 Å².